The fraction of sp³-hybridized carbons (Fsp3) is 0.364. The minimum absolute atomic E-state index is 0. The fourth-order valence-corrected chi connectivity index (χ4v) is 1.63. The molecule has 5 heteroatoms. The van der Waals surface area contributed by atoms with Crippen LogP contribution in [0.3, 0.4) is 0 Å². The second kappa shape index (κ2) is 8.56. The number of benzene rings is 1. The van der Waals surface area contributed by atoms with E-state index in [9.17, 15) is 4.79 Å². The molecule has 3 N–H and O–H groups in total. The first kappa shape index (κ1) is 15.4. The van der Waals surface area contributed by atoms with Crippen molar-refractivity contribution < 1.29 is 4.79 Å². The van der Waals surface area contributed by atoms with Crippen LogP contribution in [0.15, 0.2) is 28.7 Å². The molecule has 1 aromatic rings. The first-order chi connectivity index (χ1) is 7.24. The lowest BCUT2D eigenvalue weighted by molar-refractivity contribution is -0.120. The summed E-state index contributed by atoms with van der Waals surface area (Å²) in [5, 5.41) is 2.82. The minimum Gasteiger partial charge on any atom is -0.356 e. The molecule has 16 heavy (non-hydrogen) atoms. The van der Waals surface area contributed by atoms with Crippen molar-refractivity contribution in [3.8, 4) is 0 Å². The summed E-state index contributed by atoms with van der Waals surface area (Å²) < 4.78 is 0.971. The maximum atomic E-state index is 11.5. The zero-order valence-corrected chi connectivity index (χ0v) is 11.3. The van der Waals surface area contributed by atoms with Crippen LogP contribution in [0.1, 0.15) is 12.0 Å². The molecule has 0 aromatic heterocycles. The highest BCUT2D eigenvalue weighted by Gasteiger charge is 2.04. The van der Waals surface area contributed by atoms with Crippen LogP contribution >= 0.6 is 28.3 Å². The van der Waals surface area contributed by atoms with E-state index in [2.05, 4.69) is 21.2 Å². The van der Waals surface area contributed by atoms with Crippen LogP contribution in [0.5, 0.6) is 0 Å². The third-order valence-corrected chi connectivity index (χ3v) is 2.79. The highest BCUT2D eigenvalue weighted by molar-refractivity contribution is 9.10. The highest BCUT2D eigenvalue weighted by Crippen LogP contribution is 2.15. The van der Waals surface area contributed by atoms with Gasteiger partial charge in [0.05, 0.1) is 6.42 Å². The summed E-state index contributed by atoms with van der Waals surface area (Å²) in [7, 11) is 0. The van der Waals surface area contributed by atoms with Crippen molar-refractivity contribution in [1.82, 2.24) is 5.32 Å². The number of carbonyl (C=O) groups excluding carboxylic acids is 1. The second-order valence-corrected chi connectivity index (χ2v) is 4.11. The molecule has 0 heterocycles. The number of nitrogens with two attached hydrogens (primary N) is 1. The van der Waals surface area contributed by atoms with Gasteiger partial charge in [-0.15, -0.1) is 12.4 Å². The normalized spacial score (nSPS) is 9.38. The summed E-state index contributed by atoms with van der Waals surface area (Å²) in [6.07, 6.45) is 1.23. The third-order valence-electron chi connectivity index (χ3n) is 2.01. The summed E-state index contributed by atoms with van der Waals surface area (Å²) in [6.45, 7) is 1.26. The van der Waals surface area contributed by atoms with E-state index >= 15 is 0 Å². The van der Waals surface area contributed by atoms with Crippen LogP contribution in [0.4, 0.5) is 0 Å². The smallest absolute Gasteiger partial charge is 0.224 e. The van der Waals surface area contributed by atoms with Gasteiger partial charge in [-0.05, 0) is 24.6 Å². The topological polar surface area (TPSA) is 55.1 Å². The Hall–Kier alpha value is -0.580. The van der Waals surface area contributed by atoms with Gasteiger partial charge in [-0.25, -0.2) is 0 Å². The molecule has 1 rings (SSSR count). The summed E-state index contributed by atoms with van der Waals surface area (Å²) >= 11 is 3.41. The first-order valence-electron chi connectivity index (χ1n) is 4.94. The van der Waals surface area contributed by atoms with Crippen molar-refractivity contribution in [2.45, 2.75) is 12.8 Å². The van der Waals surface area contributed by atoms with E-state index in [-0.39, 0.29) is 18.3 Å². The maximum absolute atomic E-state index is 11.5. The third kappa shape index (κ3) is 5.49. The van der Waals surface area contributed by atoms with Gasteiger partial charge in [-0.1, -0.05) is 34.1 Å². The van der Waals surface area contributed by atoms with Gasteiger partial charge < -0.3 is 11.1 Å². The summed E-state index contributed by atoms with van der Waals surface area (Å²) in [5.74, 6) is 0.0374. The number of carbonyl (C=O) groups is 1. The van der Waals surface area contributed by atoms with Gasteiger partial charge in [0.1, 0.15) is 0 Å². The van der Waals surface area contributed by atoms with Crippen LogP contribution in [0.2, 0.25) is 0 Å². The number of halogens is 2. The standard InChI is InChI=1S/C11H15BrN2O.ClH/c12-10-5-2-1-4-9(10)8-11(15)14-7-3-6-13;/h1-2,4-5H,3,6-8,13H2,(H,14,15);1H. The molecule has 90 valence electrons. The van der Waals surface area contributed by atoms with E-state index in [4.69, 9.17) is 5.73 Å². The molecule has 1 aromatic carbocycles. The largest absolute Gasteiger partial charge is 0.356 e. The minimum atomic E-state index is 0. The van der Waals surface area contributed by atoms with Gasteiger partial charge in [0.2, 0.25) is 5.91 Å². The van der Waals surface area contributed by atoms with E-state index in [0.717, 1.165) is 16.5 Å². The molecule has 0 atom stereocenters. The van der Waals surface area contributed by atoms with Crippen molar-refractivity contribution in [3.05, 3.63) is 34.3 Å². The van der Waals surface area contributed by atoms with Gasteiger partial charge in [0.15, 0.2) is 0 Å². The number of nitrogens with one attached hydrogen (secondary N) is 1. The number of hydrogen-bond acceptors (Lipinski definition) is 2. The molecule has 0 aliphatic rings. The van der Waals surface area contributed by atoms with E-state index in [1.54, 1.807) is 0 Å². The van der Waals surface area contributed by atoms with Gasteiger partial charge >= 0.3 is 0 Å². The van der Waals surface area contributed by atoms with Gasteiger partial charge in [0, 0.05) is 11.0 Å². The van der Waals surface area contributed by atoms with Gasteiger partial charge in [-0.2, -0.15) is 0 Å². The van der Waals surface area contributed by atoms with Crippen LogP contribution < -0.4 is 11.1 Å². The molecule has 0 unspecified atom stereocenters. The maximum Gasteiger partial charge on any atom is 0.224 e. The van der Waals surface area contributed by atoms with Crippen LogP contribution in [-0.2, 0) is 11.2 Å². The molecule has 0 aliphatic carbocycles. The lowest BCUT2D eigenvalue weighted by Gasteiger charge is -2.05. The van der Waals surface area contributed by atoms with Crippen molar-refractivity contribution in [3.63, 3.8) is 0 Å². The SMILES string of the molecule is Cl.NCCCNC(=O)Cc1ccccc1Br. The van der Waals surface area contributed by atoms with E-state index in [1.807, 2.05) is 24.3 Å². The molecule has 0 bridgehead atoms. The first-order valence-corrected chi connectivity index (χ1v) is 5.73. The van der Waals surface area contributed by atoms with Crippen LogP contribution in [0, 0.1) is 0 Å². The van der Waals surface area contributed by atoms with Gasteiger partial charge in [-0.3, -0.25) is 4.79 Å². The molecule has 0 radical (unpaired) electrons. The quantitative estimate of drug-likeness (QED) is 0.816. The van der Waals surface area contributed by atoms with Crippen molar-refractivity contribution in [1.29, 1.82) is 0 Å². The number of rotatable bonds is 5. The predicted octanol–water partition coefficient (Wildman–Crippen LogP) is 1.88. The Morgan fingerprint density at radius 1 is 1.38 bits per heavy atom. The zero-order chi connectivity index (χ0) is 11.1. The molecular weight excluding hydrogens is 291 g/mol. The summed E-state index contributed by atoms with van der Waals surface area (Å²) in [6, 6.07) is 7.72. The Labute approximate surface area is 110 Å². The van der Waals surface area contributed by atoms with E-state index in [0.29, 0.717) is 19.5 Å². The zero-order valence-electron chi connectivity index (χ0n) is 8.91. The molecule has 0 fully saturated rings. The molecule has 0 saturated carbocycles. The fourth-order valence-electron chi connectivity index (χ4n) is 1.21. The van der Waals surface area contributed by atoms with Crippen molar-refractivity contribution in [2.75, 3.05) is 13.1 Å². The predicted molar refractivity (Wildman–Crippen MR) is 71.8 cm³/mol. The molecule has 1 amide bonds. The number of hydrogen-bond donors (Lipinski definition) is 2. The molecule has 0 spiro atoms. The van der Waals surface area contributed by atoms with Crippen molar-refractivity contribution in [2.24, 2.45) is 5.73 Å². The Morgan fingerprint density at radius 3 is 2.69 bits per heavy atom. The van der Waals surface area contributed by atoms with E-state index < -0.39 is 0 Å². The summed E-state index contributed by atoms with van der Waals surface area (Å²) in [5.41, 5.74) is 6.34. The molecular formula is C11H16BrClN2O. The molecule has 3 nitrogen and oxygen atoms in total. The second-order valence-electron chi connectivity index (χ2n) is 3.26. The lowest BCUT2D eigenvalue weighted by Crippen LogP contribution is -2.27. The Morgan fingerprint density at radius 2 is 2.06 bits per heavy atom. The molecule has 0 aliphatic heterocycles. The van der Waals surface area contributed by atoms with E-state index in [1.165, 1.54) is 0 Å². The number of amides is 1. The Kier molecular flexibility index (Phi) is 8.25. The monoisotopic (exact) mass is 306 g/mol. The lowest BCUT2D eigenvalue weighted by atomic mass is 10.1. The molecule has 0 saturated heterocycles. The van der Waals surface area contributed by atoms with Crippen LogP contribution in [-0.4, -0.2) is 19.0 Å². The van der Waals surface area contributed by atoms with Crippen molar-refractivity contribution >= 4 is 34.2 Å². The Bertz CT molecular complexity index is 334. The Balaban J connectivity index is 0.00000225. The van der Waals surface area contributed by atoms with Gasteiger partial charge in [0.25, 0.3) is 0 Å². The summed E-state index contributed by atoms with van der Waals surface area (Å²) in [4.78, 5) is 11.5. The average molecular weight is 308 g/mol. The van der Waals surface area contributed by atoms with Crippen LogP contribution in [0.25, 0.3) is 0 Å². The average Bonchev–Trinajstić information content (AvgIpc) is 2.22. The highest BCUT2D eigenvalue weighted by atomic mass is 79.9.